The van der Waals surface area contributed by atoms with Gasteiger partial charge in [0.15, 0.2) is 12.1 Å². The van der Waals surface area contributed by atoms with E-state index in [0.717, 1.165) is 6.92 Å². The van der Waals surface area contributed by atoms with Crippen molar-refractivity contribution in [3.8, 4) is 0 Å². The molecule has 0 spiro atoms. The van der Waals surface area contributed by atoms with E-state index < -0.39 is 76.9 Å². The molecule has 0 bridgehead atoms. The molecule has 2 fully saturated rings. The largest absolute Gasteiger partial charge is 0.457 e. The van der Waals surface area contributed by atoms with Crippen LogP contribution in [0.2, 0.25) is 0 Å². The van der Waals surface area contributed by atoms with Crippen LogP contribution in [0.15, 0.2) is 5.11 Å². The summed E-state index contributed by atoms with van der Waals surface area (Å²) >= 11 is 0. The Morgan fingerprint density at radius 1 is 1.07 bits per heavy atom. The van der Waals surface area contributed by atoms with Gasteiger partial charge in [0.05, 0.1) is 18.3 Å². The Morgan fingerprint density at radius 2 is 1.67 bits per heavy atom. The van der Waals surface area contributed by atoms with Gasteiger partial charge >= 0.3 is 5.97 Å². The SMILES string of the molecule is CC1CC(C)C(O)C(O[C@@H]2[C@@H](C)C(=O)[C@](C)(F)C(=O)O[C@H](CCCN=[N+]=[N-])[C@@](C)(O)[C@H](O)[C@@H](C)C(=O)[C@H](C)CC2(C)C)O1. The first-order valence-electron chi connectivity index (χ1n) is 15.1. The third kappa shape index (κ3) is 8.32. The van der Waals surface area contributed by atoms with Crippen molar-refractivity contribution in [1.82, 2.24) is 0 Å². The van der Waals surface area contributed by atoms with Crippen LogP contribution >= 0.6 is 0 Å². The molecule has 13 heteroatoms. The second kappa shape index (κ2) is 14.3. The average Bonchev–Trinajstić information content (AvgIpc) is 2.92. The molecule has 246 valence electrons. The third-order valence-electron chi connectivity index (χ3n) is 9.22. The van der Waals surface area contributed by atoms with E-state index in [0.29, 0.717) is 6.42 Å². The Labute approximate surface area is 253 Å². The molecule has 0 aliphatic carbocycles. The predicted octanol–water partition coefficient (Wildman–Crippen LogP) is 3.82. The van der Waals surface area contributed by atoms with Crippen molar-refractivity contribution >= 4 is 17.5 Å². The Bertz CT molecular complexity index is 1060. The molecule has 0 radical (unpaired) electrons. The lowest BCUT2D eigenvalue weighted by molar-refractivity contribution is -0.284. The van der Waals surface area contributed by atoms with E-state index in [1.807, 2.05) is 13.8 Å². The summed E-state index contributed by atoms with van der Waals surface area (Å²) in [5.41, 5.74) is 2.17. The van der Waals surface area contributed by atoms with Gasteiger partial charge in [0.1, 0.15) is 23.6 Å². The number of ether oxygens (including phenoxy) is 3. The minimum atomic E-state index is -3.19. The highest BCUT2D eigenvalue weighted by Crippen LogP contribution is 2.42. The number of hydrogen-bond donors (Lipinski definition) is 3. The van der Waals surface area contributed by atoms with Crippen molar-refractivity contribution in [2.45, 2.75) is 136 Å². The molecular formula is C30H50FN3O9. The van der Waals surface area contributed by atoms with Crippen LogP contribution < -0.4 is 0 Å². The molecule has 3 N–H and O–H groups in total. The van der Waals surface area contributed by atoms with Gasteiger partial charge in [0.25, 0.3) is 5.67 Å². The topological polar surface area (TPSA) is 188 Å². The number of aliphatic hydroxyl groups is 3. The van der Waals surface area contributed by atoms with Gasteiger partial charge in [-0.15, -0.1) is 0 Å². The standard InChI is InChI=1S/C30H50FN3O9/c1-15-13-17(3)41-26(22(15)36)43-25-19(5)23(37)29(8,31)27(39)42-20(11-10-12-33-34-32)30(9,40)24(38)18(4)21(35)16(2)14-28(25,6)7/h15-20,22,24-26,36,38,40H,10-14H2,1-9H3/t15?,16-,17?,18+,19+,20-,22?,24-,25-,26?,29+,30-/m1/s1. The molecule has 2 saturated heterocycles. The van der Waals surface area contributed by atoms with E-state index in [9.17, 15) is 29.7 Å². The number of nitrogens with zero attached hydrogens (tertiary/aromatic N) is 3. The summed E-state index contributed by atoms with van der Waals surface area (Å²) in [5, 5.41) is 36.9. The number of aliphatic hydroxyl groups excluding tert-OH is 2. The smallest absolute Gasteiger partial charge is 0.351 e. The van der Waals surface area contributed by atoms with E-state index in [1.54, 1.807) is 20.8 Å². The molecule has 0 saturated carbocycles. The second-order valence-electron chi connectivity index (χ2n) is 13.7. The Balaban J connectivity index is 2.61. The maximum absolute atomic E-state index is 16.2. The first-order chi connectivity index (χ1) is 19.7. The normalized spacial score (nSPS) is 43.3. The summed E-state index contributed by atoms with van der Waals surface area (Å²) < 4.78 is 33.8. The monoisotopic (exact) mass is 615 g/mol. The summed E-state index contributed by atoms with van der Waals surface area (Å²) in [6, 6.07) is 0. The fourth-order valence-corrected chi connectivity index (χ4v) is 6.61. The Morgan fingerprint density at radius 3 is 2.26 bits per heavy atom. The highest BCUT2D eigenvalue weighted by atomic mass is 19.1. The van der Waals surface area contributed by atoms with Gasteiger partial charge in [-0.3, -0.25) is 9.59 Å². The summed E-state index contributed by atoms with van der Waals surface area (Å²) in [7, 11) is 0. The van der Waals surface area contributed by atoms with Crippen molar-refractivity contribution in [3.63, 3.8) is 0 Å². The molecule has 2 rings (SSSR count). The van der Waals surface area contributed by atoms with Crippen LogP contribution in [0.25, 0.3) is 10.4 Å². The van der Waals surface area contributed by atoms with E-state index in [2.05, 4.69) is 10.0 Å². The minimum absolute atomic E-state index is 0.0362. The molecule has 2 heterocycles. The predicted molar refractivity (Wildman–Crippen MR) is 154 cm³/mol. The lowest BCUT2D eigenvalue weighted by Crippen LogP contribution is -2.59. The van der Waals surface area contributed by atoms with Gasteiger partial charge < -0.3 is 29.5 Å². The molecule has 4 unspecified atom stereocenters. The minimum Gasteiger partial charge on any atom is -0.457 e. The second-order valence-corrected chi connectivity index (χ2v) is 13.7. The van der Waals surface area contributed by atoms with E-state index >= 15 is 4.39 Å². The number of cyclic esters (lactones) is 1. The summed E-state index contributed by atoms with van der Waals surface area (Å²) in [5.74, 6) is -6.40. The van der Waals surface area contributed by atoms with Gasteiger partial charge in [-0.1, -0.05) is 46.7 Å². The molecule has 12 nitrogen and oxygen atoms in total. The van der Waals surface area contributed by atoms with Crippen LogP contribution in [0, 0.1) is 29.1 Å². The number of rotatable bonds is 6. The molecule has 0 aromatic carbocycles. The number of esters is 1. The van der Waals surface area contributed by atoms with Gasteiger partial charge in [0, 0.05) is 29.2 Å². The van der Waals surface area contributed by atoms with Gasteiger partial charge in [-0.05, 0) is 63.3 Å². The van der Waals surface area contributed by atoms with Gasteiger partial charge in [-0.2, -0.15) is 0 Å². The zero-order valence-electron chi connectivity index (χ0n) is 26.8. The van der Waals surface area contributed by atoms with Crippen LogP contribution in [0.1, 0.15) is 88.0 Å². The van der Waals surface area contributed by atoms with Crippen LogP contribution in [-0.4, -0.2) is 87.5 Å². The number of carbonyl (C=O) groups is 3. The fourth-order valence-electron chi connectivity index (χ4n) is 6.61. The molecule has 0 aromatic heterocycles. The summed E-state index contributed by atoms with van der Waals surface area (Å²) in [6.45, 7) is 13.6. The third-order valence-corrected chi connectivity index (χ3v) is 9.22. The maximum atomic E-state index is 16.2. The molecular weight excluding hydrogens is 565 g/mol. The number of Topliss-reactive ketones (excluding diaryl/α,β-unsaturated/α-hetero) is 2. The molecule has 0 amide bonds. The number of halogens is 1. The van der Waals surface area contributed by atoms with Crippen molar-refractivity contribution < 1.29 is 48.3 Å². The van der Waals surface area contributed by atoms with Crippen molar-refractivity contribution in [2.75, 3.05) is 6.54 Å². The highest BCUT2D eigenvalue weighted by Gasteiger charge is 2.54. The van der Waals surface area contributed by atoms with Gasteiger partial charge in [-0.25, -0.2) is 9.18 Å². The van der Waals surface area contributed by atoms with Crippen LogP contribution in [-0.2, 0) is 28.6 Å². The first kappa shape index (κ1) is 37.0. The summed E-state index contributed by atoms with van der Waals surface area (Å²) in [4.78, 5) is 43.3. The molecule has 2 aliphatic heterocycles. The van der Waals surface area contributed by atoms with E-state index in [1.165, 1.54) is 20.8 Å². The number of azide groups is 1. The van der Waals surface area contributed by atoms with E-state index in [-0.39, 0.29) is 43.6 Å². The summed E-state index contributed by atoms with van der Waals surface area (Å²) in [6.07, 6.45) is -6.17. The maximum Gasteiger partial charge on any atom is 0.351 e. The molecule has 0 aromatic rings. The fraction of sp³-hybridized carbons (Fsp3) is 0.900. The van der Waals surface area contributed by atoms with Crippen molar-refractivity contribution in [1.29, 1.82) is 0 Å². The number of alkyl halides is 1. The molecule has 2 aliphatic rings. The Hall–Kier alpha value is -2.15. The highest BCUT2D eigenvalue weighted by molar-refractivity contribution is 6.07. The number of carbonyl (C=O) groups excluding carboxylic acids is 3. The average molecular weight is 616 g/mol. The number of ketones is 2. The van der Waals surface area contributed by atoms with Crippen LogP contribution in [0.5, 0.6) is 0 Å². The van der Waals surface area contributed by atoms with Crippen LogP contribution in [0.4, 0.5) is 4.39 Å². The lowest BCUT2D eigenvalue weighted by atomic mass is 9.69. The molecule has 43 heavy (non-hydrogen) atoms. The van der Waals surface area contributed by atoms with Gasteiger partial charge in [0.2, 0.25) is 0 Å². The first-order valence-corrected chi connectivity index (χ1v) is 15.1. The van der Waals surface area contributed by atoms with Crippen molar-refractivity contribution in [2.24, 2.45) is 34.2 Å². The van der Waals surface area contributed by atoms with Crippen molar-refractivity contribution in [3.05, 3.63) is 10.4 Å². The quantitative estimate of drug-likeness (QED) is 0.0996. The van der Waals surface area contributed by atoms with E-state index in [4.69, 9.17) is 19.7 Å². The Kier molecular flexibility index (Phi) is 12.3. The zero-order chi connectivity index (χ0) is 33.1. The lowest BCUT2D eigenvalue weighted by Gasteiger charge is -2.45. The zero-order valence-corrected chi connectivity index (χ0v) is 26.8. The molecule has 12 atom stereocenters. The van der Waals surface area contributed by atoms with Crippen LogP contribution in [0.3, 0.4) is 0 Å². The number of hydrogen-bond acceptors (Lipinski definition) is 10.